The average Bonchev–Trinajstić information content (AvgIpc) is 2.60. The summed E-state index contributed by atoms with van der Waals surface area (Å²) in [4.78, 5) is 12.2. The van der Waals surface area contributed by atoms with E-state index in [9.17, 15) is 9.90 Å². The van der Waals surface area contributed by atoms with E-state index >= 15 is 0 Å². The minimum Gasteiger partial charge on any atom is -0.504 e. The van der Waals surface area contributed by atoms with Crippen LogP contribution in [0.1, 0.15) is 64.9 Å². The monoisotopic (exact) mass is 346 g/mol. The number of phenolic OH excluding ortho intramolecular Hbond substituents is 1. The van der Waals surface area contributed by atoms with Crippen LogP contribution in [-0.4, -0.2) is 18.0 Å². The third kappa shape index (κ3) is 8.76. The SMILES string of the molecule is CCCC[C@H](/C=C/C(=O)CCc1ccc(O)c(OC)c1)CCC(C)C. The second kappa shape index (κ2) is 11.7. The molecule has 140 valence electrons. The molecule has 0 bridgehead atoms. The molecule has 0 aliphatic rings. The maximum atomic E-state index is 12.2. The Balaban J connectivity index is 2.52. The summed E-state index contributed by atoms with van der Waals surface area (Å²) >= 11 is 0. The van der Waals surface area contributed by atoms with Gasteiger partial charge in [0.15, 0.2) is 17.3 Å². The molecule has 25 heavy (non-hydrogen) atoms. The molecule has 3 heteroatoms. The minimum atomic E-state index is 0.126. The smallest absolute Gasteiger partial charge is 0.160 e. The number of phenols is 1. The highest BCUT2D eigenvalue weighted by atomic mass is 16.5. The Morgan fingerprint density at radius 3 is 2.64 bits per heavy atom. The fourth-order valence-electron chi connectivity index (χ4n) is 2.82. The molecule has 1 rings (SSSR count). The quantitative estimate of drug-likeness (QED) is 0.494. The maximum absolute atomic E-state index is 12.2. The van der Waals surface area contributed by atoms with Gasteiger partial charge in [-0.3, -0.25) is 4.79 Å². The van der Waals surface area contributed by atoms with Gasteiger partial charge in [0.25, 0.3) is 0 Å². The van der Waals surface area contributed by atoms with Gasteiger partial charge in [-0.1, -0.05) is 52.2 Å². The summed E-state index contributed by atoms with van der Waals surface area (Å²) in [5.74, 6) is 1.96. The van der Waals surface area contributed by atoms with Gasteiger partial charge in [-0.2, -0.15) is 0 Å². The second-order valence-corrected chi connectivity index (χ2v) is 7.21. The van der Waals surface area contributed by atoms with Crippen molar-refractivity contribution in [2.24, 2.45) is 11.8 Å². The molecule has 1 aromatic rings. The van der Waals surface area contributed by atoms with E-state index in [0.29, 0.717) is 30.4 Å². The van der Waals surface area contributed by atoms with Gasteiger partial charge in [-0.25, -0.2) is 0 Å². The van der Waals surface area contributed by atoms with Crippen molar-refractivity contribution in [1.82, 2.24) is 0 Å². The number of carbonyl (C=O) groups is 1. The van der Waals surface area contributed by atoms with Gasteiger partial charge in [0.05, 0.1) is 7.11 Å². The van der Waals surface area contributed by atoms with Crippen molar-refractivity contribution < 1.29 is 14.6 Å². The Hall–Kier alpha value is -1.77. The van der Waals surface area contributed by atoms with Crippen LogP contribution in [0.15, 0.2) is 30.4 Å². The van der Waals surface area contributed by atoms with Crippen molar-refractivity contribution >= 4 is 5.78 Å². The van der Waals surface area contributed by atoms with Gasteiger partial charge >= 0.3 is 0 Å². The molecule has 0 saturated heterocycles. The number of rotatable bonds is 12. The lowest BCUT2D eigenvalue weighted by Gasteiger charge is -2.13. The molecule has 0 unspecified atom stereocenters. The largest absolute Gasteiger partial charge is 0.504 e. The Labute approximate surface area is 153 Å². The summed E-state index contributed by atoms with van der Waals surface area (Å²) in [7, 11) is 1.53. The molecule has 1 atom stereocenters. The van der Waals surface area contributed by atoms with Crippen LogP contribution in [0.2, 0.25) is 0 Å². The van der Waals surface area contributed by atoms with E-state index in [4.69, 9.17) is 4.74 Å². The number of hydrogen-bond donors (Lipinski definition) is 1. The number of unbranched alkanes of at least 4 members (excludes halogenated alkanes) is 1. The topological polar surface area (TPSA) is 46.5 Å². The van der Waals surface area contributed by atoms with Crippen LogP contribution >= 0.6 is 0 Å². The van der Waals surface area contributed by atoms with Crippen molar-refractivity contribution in [2.75, 3.05) is 7.11 Å². The first-order chi connectivity index (χ1) is 12.0. The van der Waals surface area contributed by atoms with E-state index in [1.54, 1.807) is 18.2 Å². The molecule has 3 nitrogen and oxygen atoms in total. The molecule has 0 aliphatic heterocycles. The molecule has 0 radical (unpaired) electrons. The summed E-state index contributed by atoms with van der Waals surface area (Å²) in [5, 5.41) is 9.61. The van der Waals surface area contributed by atoms with Gasteiger partial charge in [-0.05, 0) is 54.9 Å². The Morgan fingerprint density at radius 2 is 2.00 bits per heavy atom. The Bertz CT molecular complexity index is 546. The first kappa shape index (κ1) is 21.3. The highest BCUT2D eigenvalue weighted by Gasteiger charge is 2.08. The van der Waals surface area contributed by atoms with E-state index in [-0.39, 0.29) is 11.5 Å². The number of aryl methyl sites for hydroxylation is 1. The normalized spacial score (nSPS) is 12.7. The standard InChI is InChI=1S/C22H34O3/c1-5-6-7-18(9-8-17(2)3)10-13-20(23)14-11-19-12-15-21(24)22(16-19)25-4/h10,12-13,15-18,24H,5-9,11,14H2,1-4H3/b13-10+/t18-/m0/s1. The Morgan fingerprint density at radius 1 is 1.24 bits per heavy atom. The Kier molecular flexibility index (Phi) is 9.98. The molecule has 0 amide bonds. The summed E-state index contributed by atoms with van der Waals surface area (Å²) in [6, 6.07) is 5.24. The van der Waals surface area contributed by atoms with Crippen molar-refractivity contribution in [3.05, 3.63) is 35.9 Å². The zero-order valence-corrected chi connectivity index (χ0v) is 16.3. The first-order valence-corrected chi connectivity index (χ1v) is 9.53. The predicted octanol–water partition coefficient (Wildman–Crippen LogP) is 5.70. The molecular weight excluding hydrogens is 312 g/mol. The number of carbonyl (C=O) groups excluding carboxylic acids is 1. The maximum Gasteiger partial charge on any atom is 0.160 e. The molecule has 1 N–H and O–H groups in total. The lowest BCUT2D eigenvalue weighted by atomic mass is 9.92. The van der Waals surface area contributed by atoms with Crippen LogP contribution in [-0.2, 0) is 11.2 Å². The van der Waals surface area contributed by atoms with E-state index in [1.165, 1.54) is 32.8 Å². The van der Waals surface area contributed by atoms with E-state index in [1.807, 2.05) is 6.07 Å². The molecule has 0 fully saturated rings. The van der Waals surface area contributed by atoms with E-state index in [0.717, 1.165) is 12.0 Å². The van der Waals surface area contributed by atoms with Gasteiger partial charge in [0, 0.05) is 6.42 Å². The van der Waals surface area contributed by atoms with Crippen LogP contribution in [0.4, 0.5) is 0 Å². The minimum absolute atomic E-state index is 0.126. The predicted molar refractivity (Wildman–Crippen MR) is 104 cm³/mol. The fraction of sp³-hybridized carbons (Fsp3) is 0.591. The zero-order valence-electron chi connectivity index (χ0n) is 16.3. The number of allylic oxidation sites excluding steroid dienone is 2. The third-order valence-electron chi connectivity index (χ3n) is 4.50. The molecular formula is C22H34O3. The van der Waals surface area contributed by atoms with Crippen molar-refractivity contribution in [3.8, 4) is 11.5 Å². The number of hydrogen-bond acceptors (Lipinski definition) is 3. The lowest BCUT2D eigenvalue weighted by Crippen LogP contribution is -2.02. The number of ether oxygens (including phenoxy) is 1. The van der Waals surface area contributed by atoms with Crippen LogP contribution in [0.5, 0.6) is 11.5 Å². The summed E-state index contributed by atoms with van der Waals surface area (Å²) in [5.41, 5.74) is 0.999. The van der Waals surface area contributed by atoms with Gasteiger partial charge in [-0.15, -0.1) is 0 Å². The summed E-state index contributed by atoms with van der Waals surface area (Å²) < 4.78 is 5.11. The summed E-state index contributed by atoms with van der Waals surface area (Å²) in [6.45, 7) is 6.70. The molecule has 0 saturated carbocycles. The number of benzene rings is 1. The zero-order chi connectivity index (χ0) is 18.7. The van der Waals surface area contributed by atoms with Crippen LogP contribution < -0.4 is 4.74 Å². The fourth-order valence-corrected chi connectivity index (χ4v) is 2.82. The number of methoxy groups -OCH3 is 1. The highest BCUT2D eigenvalue weighted by Crippen LogP contribution is 2.26. The molecule has 0 spiro atoms. The van der Waals surface area contributed by atoms with Gasteiger partial charge in [0.2, 0.25) is 0 Å². The highest BCUT2D eigenvalue weighted by molar-refractivity contribution is 5.89. The van der Waals surface area contributed by atoms with Crippen molar-refractivity contribution in [2.45, 2.75) is 65.7 Å². The second-order valence-electron chi connectivity index (χ2n) is 7.21. The molecule has 0 heterocycles. The number of ketones is 1. The van der Waals surface area contributed by atoms with E-state index in [2.05, 4.69) is 26.8 Å². The van der Waals surface area contributed by atoms with E-state index < -0.39 is 0 Å². The molecule has 0 aromatic heterocycles. The van der Waals surface area contributed by atoms with Crippen LogP contribution in [0.3, 0.4) is 0 Å². The van der Waals surface area contributed by atoms with Gasteiger partial charge in [0.1, 0.15) is 0 Å². The average molecular weight is 347 g/mol. The van der Waals surface area contributed by atoms with Crippen LogP contribution in [0.25, 0.3) is 0 Å². The lowest BCUT2D eigenvalue weighted by molar-refractivity contribution is -0.114. The third-order valence-corrected chi connectivity index (χ3v) is 4.50. The summed E-state index contributed by atoms with van der Waals surface area (Å²) in [6.07, 6.45) is 11.0. The van der Waals surface area contributed by atoms with Gasteiger partial charge < -0.3 is 9.84 Å². The molecule has 1 aromatic carbocycles. The molecule has 0 aliphatic carbocycles. The van der Waals surface area contributed by atoms with Crippen molar-refractivity contribution in [1.29, 1.82) is 0 Å². The van der Waals surface area contributed by atoms with Crippen LogP contribution in [0, 0.1) is 11.8 Å². The van der Waals surface area contributed by atoms with Crippen molar-refractivity contribution in [3.63, 3.8) is 0 Å². The number of aromatic hydroxyl groups is 1. The first-order valence-electron chi connectivity index (χ1n) is 9.53.